The summed E-state index contributed by atoms with van der Waals surface area (Å²) in [4.78, 5) is 11.9. The number of aryl methyl sites for hydroxylation is 1. The summed E-state index contributed by atoms with van der Waals surface area (Å²) in [5, 5.41) is 3.21. The Morgan fingerprint density at radius 1 is 1.11 bits per heavy atom. The standard InChI is InChI=1S/C15H26N4/c1-4-9-13-17-14(16-3)12(2)15(18-13)19-10-7-5-6-8-11-19/h4-11H2,1-3H3,(H,16,17,18). The SMILES string of the molecule is CCCc1nc(NC)c(C)c(N2CCCCCC2)n1. The summed E-state index contributed by atoms with van der Waals surface area (Å²) in [5.41, 5.74) is 1.18. The molecule has 1 fully saturated rings. The van der Waals surface area contributed by atoms with Crippen molar-refractivity contribution in [3.05, 3.63) is 11.4 Å². The van der Waals surface area contributed by atoms with Crippen molar-refractivity contribution < 1.29 is 0 Å². The van der Waals surface area contributed by atoms with Crippen LogP contribution in [-0.2, 0) is 6.42 Å². The molecule has 1 saturated heterocycles. The number of hydrogen-bond acceptors (Lipinski definition) is 4. The maximum absolute atomic E-state index is 4.81. The summed E-state index contributed by atoms with van der Waals surface area (Å²) in [6.45, 7) is 6.56. The highest BCUT2D eigenvalue weighted by Gasteiger charge is 2.17. The third-order valence-electron chi connectivity index (χ3n) is 3.78. The molecule has 4 heteroatoms. The van der Waals surface area contributed by atoms with E-state index in [2.05, 4.69) is 29.0 Å². The van der Waals surface area contributed by atoms with E-state index < -0.39 is 0 Å². The van der Waals surface area contributed by atoms with Gasteiger partial charge in [0.1, 0.15) is 17.5 Å². The van der Waals surface area contributed by atoms with Crippen LogP contribution in [0.15, 0.2) is 0 Å². The molecular formula is C15H26N4. The van der Waals surface area contributed by atoms with Crippen LogP contribution in [-0.4, -0.2) is 30.1 Å². The summed E-state index contributed by atoms with van der Waals surface area (Å²) in [5.74, 6) is 3.10. The van der Waals surface area contributed by atoms with Crippen LogP contribution in [0.1, 0.15) is 50.4 Å². The van der Waals surface area contributed by atoms with Gasteiger partial charge in [-0.15, -0.1) is 0 Å². The maximum Gasteiger partial charge on any atom is 0.137 e. The molecule has 0 unspecified atom stereocenters. The molecule has 0 amide bonds. The Balaban J connectivity index is 2.32. The fourth-order valence-electron chi connectivity index (χ4n) is 2.72. The molecular weight excluding hydrogens is 236 g/mol. The summed E-state index contributed by atoms with van der Waals surface area (Å²) in [6.07, 6.45) is 7.30. The van der Waals surface area contributed by atoms with E-state index in [-0.39, 0.29) is 0 Å². The van der Waals surface area contributed by atoms with Gasteiger partial charge in [0.05, 0.1) is 0 Å². The van der Waals surface area contributed by atoms with E-state index in [1.807, 2.05) is 7.05 Å². The van der Waals surface area contributed by atoms with Gasteiger partial charge in [0, 0.05) is 32.1 Å². The normalized spacial score (nSPS) is 16.3. The molecule has 0 aliphatic carbocycles. The van der Waals surface area contributed by atoms with Gasteiger partial charge in [0.2, 0.25) is 0 Å². The molecule has 1 aromatic heterocycles. The zero-order valence-electron chi connectivity index (χ0n) is 12.5. The van der Waals surface area contributed by atoms with Crippen LogP contribution in [0.2, 0.25) is 0 Å². The third-order valence-corrected chi connectivity index (χ3v) is 3.78. The van der Waals surface area contributed by atoms with Gasteiger partial charge >= 0.3 is 0 Å². The summed E-state index contributed by atoms with van der Waals surface area (Å²) in [6, 6.07) is 0. The van der Waals surface area contributed by atoms with Gasteiger partial charge in [-0.2, -0.15) is 0 Å². The molecule has 106 valence electrons. The van der Waals surface area contributed by atoms with Crippen molar-refractivity contribution in [2.75, 3.05) is 30.4 Å². The lowest BCUT2D eigenvalue weighted by molar-refractivity contribution is 0.726. The molecule has 1 aromatic rings. The van der Waals surface area contributed by atoms with Crippen molar-refractivity contribution in [3.63, 3.8) is 0 Å². The van der Waals surface area contributed by atoms with Crippen LogP contribution >= 0.6 is 0 Å². The highest BCUT2D eigenvalue weighted by atomic mass is 15.2. The first-order valence-corrected chi connectivity index (χ1v) is 7.56. The lowest BCUT2D eigenvalue weighted by Crippen LogP contribution is -2.27. The first-order chi connectivity index (χ1) is 9.26. The fourth-order valence-corrected chi connectivity index (χ4v) is 2.72. The Hall–Kier alpha value is -1.32. The largest absolute Gasteiger partial charge is 0.373 e. The summed E-state index contributed by atoms with van der Waals surface area (Å²) in [7, 11) is 1.94. The number of hydrogen-bond donors (Lipinski definition) is 1. The summed E-state index contributed by atoms with van der Waals surface area (Å²) >= 11 is 0. The van der Waals surface area contributed by atoms with Gasteiger partial charge in [0.15, 0.2) is 0 Å². The quantitative estimate of drug-likeness (QED) is 0.905. The Bertz CT molecular complexity index is 409. The predicted octanol–water partition coefficient (Wildman–Crippen LogP) is 3.16. The molecule has 19 heavy (non-hydrogen) atoms. The predicted molar refractivity (Wildman–Crippen MR) is 81.0 cm³/mol. The number of nitrogens with one attached hydrogen (secondary N) is 1. The van der Waals surface area contributed by atoms with E-state index in [0.717, 1.165) is 43.4 Å². The smallest absolute Gasteiger partial charge is 0.137 e. The Kier molecular flexibility index (Phi) is 5.00. The minimum absolute atomic E-state index is 0.954. The molecule has 0 saturated carbocycles. The first kappa shape index (κ1) is 14.1. The van der Waals surface area contributed by atoms with Crippen molar-refractivity contribution in [1.82, 2.24) is 9.97 Å². The number of anilines is 2. The Morgan fingerprint density at radius 2 is 1.79 bits per heavy atom. The highest BCUT2D eigenvalue weighted by Crippen LogP contribution is 2.26. The number of nitrogens with zero attached hydrogens (tertiary/aromatic N) is 3. The summed E-state index contributed by atoms with van der Waals surface area (Å²) < 4.78 is 0. The molecule has 1 aliphatic rings. The van der Waals surface area contributed by atoms with E-state index >= 15 is 0 Å². The van der Waals surface area contributed by atoms with Crippen molar-refractivity contribution in [2.24, 2.45) is 0 Å². The molecule has 1 N–H and O–H groups in total. The van der Waals surface area contributed by atoms with Crippen molar-refractivity contribution in [3.8, 4) is 0 Å². The molecule has 0 spiro atoms. The Labute approximate surface area is 116 Å². The second-order valence-corrected chi connectivity index (χ2v) is 5.34. The van der Waals surface area contributed by atoms with Gasteiger partial charge < -0.3 is 10.2 Å². The number of aromatic nitrogens is 2. The van der Waals surface area contributed by atoms with Crippen molar-refractivity contribution >= 4 is 11.6 Å². The van der Waals surface area contributed by atoms with E-state index in [4.69, 9.17) is 4.98 Å². The van der Waals surface area contributed by atoms with Crippen LogP contribution in [0.5, 0.6) is 0 Å². The van der Waals surface area contributed by atoms with Gasteiger partial charge in [-0.25, -0.2) is 9.97 Å². The van der Waals surface area contributed by atoms with Gasteiger partial charge in [0.25, 0.3) is 0 Å². The van der Waals surface area contributed by atoms with E-state index in [0.29, 0.717) is 0 Å². The molecule has 2 rings (SSSR count). The average molecular weight is 262 g/mol. The molecule has 0 bridgehead atoms. The highest BCUT2D eigenvalue weighted by molar-refractivity contribution is 5.58. The second kappa shape index (κ2) is 6.73. The Morgan fingerprint density at radius 3 is 2.37 bits per heavy atom. The minimum Gasteiger partial charge on any atom is -0.373 e. The lowest BCUT2D eigenvalue weighted by Gasteiger charge is -2.24. The maximum atomic E-state index is 4.81. The van der Waals surface area contributed by atoms with Crippen LogP contribution in [0, 0.1) is 6.92 Å². The van der Waals surface area contributed by atoms with E-state index in [9.17, 15) is 0 Å². The zero-order chi connectivity index (χ0) is 13.7. The molecule has 4 nitrogen and oxygen atoms in total. The van der Waals surface area contributed by atoms with E-state index in [1.54, 1.807) is 0 Å². The van der Waals surface area contributed by atoms with Crippen LogP contribution in [0.4, 0.5) is 11.6 Å². The molecule has 0 radical (unpaired) electrons. The molecule has 2 heterocycles. The van der Waals surface area contributed by atoms with Crippen molar-refractivity contribution in [1.29, 1.82) is 0 Å². The fraction of sp³-hybridized carbons (Fsp3) is 0.733. The topological polar surface area (TPSA) is 41.1 Å². The third kappa shape index (κ3) is 3.37. The monoisotopic (exact) mass is 262 g/mol. The lowest BCUT2D eigenvalue weighted by atomic mass is 10.2. The van der Waals surface area contributed by atoms with Gasteiger partial charge in [-0.1, -0.05) is 19.8 Å². The molecule has 0 atom stereocenters. The van der Waals surface area contributed by atoms with Crippen LogP contribution in [0.25, 0.3) is 0 Å². The molecule has 0 aromatic carbocycles. The van der Waals surface area contributed by atoms with Gasteiger partial charge in [-0.3, -0.25) is 0 Å². The second-order valence-electron chi connectivity index (χ2n) is 5.34. The minimum atomic E-state index is 0.954. The van der Waals surface area contributed by atoms with E-state index in [1.165, 1.54) is 31.2 Å². The van der Waals surface area contributed by atoms with Crippen LogP contribution in [0.3, 0.4) is 0 Å². The molecule has 1 aliphatic heterocycles. The number of rotatable bonds is 4. The average Bonchev–Trinajstić information content (AvgIpc) is 2.69. The zero-order valence-corrected chi connectivity index (χ0v) is 12.5. The first-order valence-electron chi connectivity index (χ1n) is 7.56. The van der Waals surface area contributed by atoms with Crippen molar-refractivity contribution in [2.45, 2.75) is 52.4 Å². The van der Waals surface area contributed by atoms with Gasteiger partial charge in [-0.05, 0) is 26.2 Å². The van der Waals surface area contributed by atoms with Crippen LogP contribution < -0.4 is 10.2 Å².